The highest BCUT2D eigenvalue weighted by Crippen LogP contribution is 2.24. The lowest BCUT2D eigenvalue weighted by Gasteiger charge is -2.09. The highest BCUT2D eigenvalue weighted by molar-refractivity contribution is 5.95. The van der Waals surface area contributed by atoms with Crippen molar-refractivity contribution >= 4 is 5.97 Å². The van der Waals surface area contributed by atoms with Gasteiger partial charge in [0.2, 0.25) is 0 Å². The molecule has 28 heavy (non-hydrogen) atoms. The molecule has 1 heterocycles. The zero-order valence-corrected chi connectivity index (χ0v) is 16.1. The second kappa shape index (κ2) is 9.13. The Morgan fingerprint density at radius 2 is 1.89 bits per heavy atom. The zero-order valence-electron chi connectivity index (χ0n) is 16.1. The van der Waals surface area contributed by atoms with Gasteiger partial charge in [0, 0.05) is 12.8 Å². The van der Waals surface area contributed by atoms with Crippen molar-refractivity contribution in [1.29, 1.82) is 0 Å². The molecule has 0 atom stereocenters. The Morgan fingerprint density at radius 3 is 2.57 bits per heavy atom. The highest BCUT2D eigenvalue weighted by atomic mass is 16.4. The minimum absolute atomic E-state index is 0.308. The molecule has 5 nitrogen and oxygen atoms in total. The predicted molar refractivity (Wildman–Crippen MR) is 110 cm³/mol. The molecule has 3 aromatic rings. The second-order valence-corrected chi connectivity index (χ2v) is 6.73. The Labute approximate surface area is 165 Å². The normalized spacial score (nSPS) is 10.8. The van der Waals surface area contributed by atoms with Gasteiger partial charge < -0.3 is 5.11 Å². The van der Waals surface area contributed by atoms with Crippen LogP contribution < -0.4 is 0 Å². The highest BCUT2D eigenvalue weighted by Gasteiger charge is 2.12. The molecule has 0 radical (unpaired) electrons. The maximum absolute atomic E-state index is 11.5. The van der Waals surface area contributed by atoms with E-state index in [1.165, 1.54) is 0 Å². The van der Waals surface area contributed by atoms with Crippen molar-refractivity contribution < 1.29 is 9.90 Å². The lowest BCUT2D eigenvalue weighted by atomic mass is 9.99. The van der Waals surface area contributed by atoms with E-state index < -0.39 is 5.97 Å². The maximum atomic E-state index is 11.5. The van der Waals surface area contributed by atoms with E-state index in [0.717, 1.165) is 54.0 Å². The van der Waals surface area contributed by atoms with Gasteiger partial charge >= 0.3 is 5.97 Å². The van der Waals surface area contributed by atoms with Crippen LogP contribution in [0.3, 0.4) is 0 Å². The van der Waals surface area contributed by atoms with E-state index in [2.05, 4.69) is 23.6 Å². The second-order valence-electron chi connectivity index (χ2n) is 6.73. The third-order valence-corrected chi connectivity index (χ3v) is 4.59. The van der Waals surface area contributed by atoms with E-state index in [0.29, 0.717) is 12.1 Å². The van der Waals surface area contributed by atoms with Gasteiger partial charge in [-0.1, -0.05) is 55.5 Å². The van der Waals surface area contributed by atoms with Gasteiger partial charge in [0.25, 0.3) is 0 Å². The third kappa shape index (κ3) is 4.55. The summed E-state index contributed by atoms with van der Waals surface area (Å²) >= 11 is 0. The molecule has 0 amide bonds. The number of allylic oxidation sites excluding steroid dienone is 1. The average Bonchev–Trinajstić information content (AvgIpc) is 3.08. The number of nitrogens with zero attached hydrogens (tertiary/aromatic N) is 3. The number of aromatic carboxylic acids is 1. The van der Waals surface area contributed by atoms with Crippen LogP contribution in [0.5, 0.6) is 0 Å². The molecule has 0 aliphatic rings. The molecule has 5 heteroatoms. The van der Waals surface area contributed by atoms with Crippen LogP contribution in [0.1, 0.15) is 47.3 Å². The summed E-state index contributed by atoms with van der Waals surface area (Å²) in [6, 6.07) is 15.0. The van der Waals surface area contributed by atoms with Crippen LogP contribution in [0, 0.1) is 0 Å². The first kappa shape index (κ1) is 19.5. The number of aromatic nitrogens is 3. The SMILES string of the molecule is C=CCCc1nc(CCC)nn1Cc1ccc(-c2ccccc2C(=O)O)cc1. The average molecular weight is 375 g/mol. The van der Waals surface area contributed by atoms with Crippen molar-refractivity contribution in [3.8, 4) is 11.1 Å². The Morgan fingerprint density at radius 1 is 1.14 bits per heavy atom. The van der Waals surface area contributed by atoms with E-state index in [1.807, 2.05) is 47.2 Å². The van der Waals surface area contributed by atoms with Gasteiger partial charge in [-0.2, -0.15) is 5.10 Å². The first-order valence-electron chi connectivity index (χ1n) is 9.57. The number of carboxylic acid groups (broad SMARTS) is 1. The molecule has 0 saturated carbocycles. The Balaban J connectivity index is 1.83. The summed E-state index contributed by atoms with van der Waals surface area (Å²) in [5.41, 5.74) is 3.02. The summed E-state index contributed by atoms with van der Waals surface area (Å²) in [6.45, 7) is 6.56. The summed E-state index contributed by atoms with van der Waals surface area (Å²) in [6.07, 6.45) is 5.48. The van der Waals surface area contributed by atoms with Crippen LogP contribution in [0.15, 0.2) is 61.2 Å². The number of hydrogen-bond donors (Lipinski definition) is 1. The molecule has 2 aromatic carbocycles. The van der Waals surface area contributed by atoms with Crippen LogP contribution in [-0.2, 0) is 19.4 Å². The first-order chi connectivity index (χ1) is 13.6. The smallest absolute Gasteiger partial charge is 0.336 e. The summed E-state index contributed by atoms with van der Waals surface area (Å²) in [5.74, 6) is 0.940. The molecule has 3 rings (SSSR count). The van der Waals surface area contributed by atoms with Gasteiger partial charge in [0.05, 0.1) is 12.1 Å². The number of aryl methyl sites for hydroxylation is 2. The quantitative estimate of drug-likeness (QED) is 0.547. The fourth-order valence-electron chi connectivity index (χ4n) is 3.18. The predicted octanol–water partition coefficient (Wildman–Crippen LogP) is 4.76. The minimum atomic E-state index is -0.919. The monoisotopic (exact) mass is 375 g/mol. The van der Waals surface area contributed by atoms with Gasteiger partial charge in [-0.25, -0.2) is 14.5 Å². The molecule has 1 aromatic heterocycles. The summed E-state index contributed by atoms with van der Waals surface area (Å²) < 4.78 is 1.97. The summed E-state index contributed by atoms with van der Waals surface area (Å²) in [4.78, 5) is 16.1. The molecular weight excluding hydrogens is 350 g/mol. The van der Waals surface area contributed by atoms with E-state index in [9.17, 15) is 9.90 Å². The Bertz CT molecular complexity index is 958. The van der Waals surface area contributed by atoms with Crippen LogP contribution >= 0.6 is 0 Å². The van der Waals surface area contributed by atoms with E-state index in [-0.39, 0.29) is 0 Å². The Kier molecular flexibility index (Phi) is 6.37. The number of benzene rings is 2. The number of carbonyl (C=O) groups is 1. The molecular formula is C23H25N3O2. The van der Waals surface area contributed by atoms with Crippen molar-refractivity contribution in [2.75, 3.05) is 0 Å². The summed E-state index contributed by atoms with van der Waals surface area (Å²) in [7, 11) is 0. The lowest BCUT2D eigenvalue weighted by molar-refractivity contribution is 0.0697. The van der Waals surface area contributed by atoms with E-state index in [1.54, 1.807) is 12.1 Å². The van der Waals surface area contributed by atoms with Crippen molar-refractivity contribution in [2.24, 2.45) is 0 Å². The summed E-state index contributed by atoms with van der Waals surface area (Å²) in [5, 5.41) is 14.1. The molecule has 0 saturated heterocycles. The fourth-order valence-corrected chi connectivity index (χ4v) is 3.18. The topological polar surface area (TPSA) is 68.0 Å². The number of carboxylic acids is 1. The van der Waals surface area contributed by atoms with Crippen LogP contribution in [0.25, 0.3) is 11.1 Å². The molecule has 0 aliphatic carbocycles. The molecule has 0 spiro atoms. The van der Waals surface area contributed by atoms with Crippen LogP contribution in [0.2, 0.25) is 0 Å². The zero-order chi connectivity index (χ0) is 19.9. The van der Waals surface area contributed by atoms with Gasteiger partial charge in [-0.15, -0.1) is 6.58 Å². The molecule has 0 aliphatic heterocycles. The third-order valence-electron chi connectivity index (χ3n) is 4.59. The van der Waals surface area contributed by atoms with Gasteiger partial charge in [0.15, 0.2) is 5.82 Å². The van der Waals surface area contributed by atoms with Crippen molar-refractivity contribution in [3.05, 3.63) is 84.0 Å². The molecule has 0 fully saturated rings. The fraction of sp³-hybridized carbons (Fsp3) is 0.261. The van der Waals surface area contributed by atoms with Gasteiger partial charge in [0.1, 0.15) is 5.82 Å². The first-order valence-corrected chi connectivity index (χ1v) is 9.57. The minimum Gasteiger partial charge on any atom is -0.478 e. The van der Waals surface area contributed by atoms with Crippen molar-refractivity contribution in [2.45, 2.75) is 39.2 Å². The molecule has 0 unspecified atom stereocenters. The molecule has 1 N–H and O–H groups in total. The number of hydrogen-bond acceptors (Lipinski definition) is 3. The van der Waals surface area contributed by atoms with E-state index in [4.69, 9.17) is 0 Å². The Hall–Kier alpha value is -3.21. The standard InChI is InChI=1S/C23H25N3O2/c1-3-5-11-22-24-21(8-4-2)25-26(22)16-17-12-14-18(15-13-17)19-9-6-7-10-20(19)23(27)28/h3,6-7,9-10,12-15H,1,4-5,8,11,16H2,2H3,(H,27,28). The van der Waals surface area contributed by atoms with Crippen LogP contribution in [-0.4, -0.2) is 25.8 Å². The maximum Gasteiger partial charge on any atom is 0.336 e. The van der Waals surface area contributed by atoms with Gasteiger partial charge in [-0.05, 0) is 35.6 Å². The molecule has 0 bridgehead atoms. The van der Waals surface area contributed by atoms with E-state index >= 15 is 0 Å². The molecule has 144 valence electrons. The van der Waals surface area contributed by atoms with Crippen molar-refractivity contribution in [1.82, 2.24) is 14.8 Å². The largest absolute Gasteiger partial charge is 0.478 e. The lowest BCUT2D eigenvalue weighted by Crippen LogP contribution is -2.07. The van der Waals surface area contributed by atoms with Gasteiger partial charge in [-0.3, -0.25) is 0 Å². The van der Waals surface area contributed by atoms with Crippen LogP contribution in [0.4, 0.5) is 0 Å². The number of rotatable bonds is 9. The van der Waals surface area contributed by atoms with Crippen molar-refractivity contribution in [3.63, 3.8) is 0 Å².